The van der Waals surface area contributed by atoms with Crippen molar-refractivity contribution in [2.45, 2.75) is 25.9 Å². The number of rotatable bonds is 5. The van der Waals surface area contributed by atoms with Crippen LogP contribution in [0.25, 0.3) is 0 Å². The number of hydrogen-bond acceptors (Lipinski definition) is 3. The van der Waals surface area contributed by atoms with E-state index in [4.69, 9.17) is 0 Å². The Morgan fingerprint density at radius 2 is 1.62 bits per heavy atom. The molecule has 0 saturated carbocycles. The van der Waals surface area contributed by atoms with E-state index in [1.165, 1.54) is 11.3 Å². The van der Waals surface area contributed by atoms with Crippen LogP contribution in [0.2, 0.25) is 0 Å². The second-order valence-electron chi connectivity index (χ2n) is 4.46. The number of nitrogens with zero attached hydrogens (tertiary/aromatic N) is 1. The Kier molecular flexibility index (Phi) is 4.89. The summed E-state index contributed by atoms with van der Waals surface area (Å²) in [5, 5.41) is 5.45. The maximum atomic E-state index is 13.5. The van der Waals surface area contributed by atoms with Gasteiger partial charge in [0.25, 0.3) is 0 Å². The number of halogens is 5. The van der Waals surface area contributed by atoms with Gasteiger partial charge in [0, 0.05) is 29.7 Å². The van der Waals surface area contributed by atoms with Gasteiger partial charge in [0.05, 0.1) is 0 Å². The zero-order valence-electron chi connectivity index (χ0n) is 10.9. The summed E-state index contributed by atoms with van der Waals surface area (Å²) < 4.78 is 66.1. The molecule has 21 heavy (non-hydrogen) atoms. The van der Waals surface area contributed by atoms with E-state index in [2.05, 4.69) is 10.3 Å². The highest BCUT2D eigenvalue weighted by atomic mass is 32.1. The van der Waals surface area contributed by atoms with E-state index in [-0.39, 0.29) is 6.42 Å². The van der Waals surface area contributed by atoms with Gasteiger partial charge in [-0.2, -0.15) is 0 Å². The van der Waals surface area contributed by atoms with Crippen LogP contribution >= 0.6 is 11.3 Å². The SMILES string of the molecule is C[C@H](Cc1c(F)c(F)c(F)c(F)c1F)NCc1nccs1. The predicted molar refractivity (Wildman–Crippen MR) is 68.4 cm³/mol. The maximum Gasteiger partial charge on any atom is 0.200 e. The van der Waals surface area contributed by atoms with Gasteiger partial charge in [-0.15, -0.1) is 11.3 Å². The number of hydrogen-bond donors (Lipinski definition) is 1. The van der Waals surface area contributed by atoms with Gasteiger partial charge in [0.2, 0.25) is 5.82 Å². The molecule has 0 unspecified atom stereocenters. The average Bonchev–Trinajstić information content (AvgIpc) is 2.99. The lowest BCUT2D eigenvalue weighted by molar-refractivity contribution is 0.365. The zero-order valence-corrected chi connectivity index (χ0v) is 11.7. The first-order valence-electron chi connectivity index (χ1n) is 6.03. The van der Waals surface area contributed by atoms with Crippen LogP contribution in [-0.4, -0.2) is 11.0 Å². The Balaban J connectivity index is 2.12. The van der Waals surface area contributed by atoms with Crippen molar-refractivity contribution < 1.29 is 22.0 Å². The summed E-state index contributed by atoms with van der Waals surface area (Å²) in [5.74, 6) is -9.55. The Bertz CT molecular complexity index is 601. The number of aromatic nitrogens is 1. The minimum atomic E-state index is -2.14. The molecular formula is C13H11F5N2S. The fourth-order valence-electron chi connectivity index (χ4n) is 1.81. The number of nitrogens with one attached hydrogen (secondary N) is 1. The van der Waals surface area contributed by atoms with E-state index in [0.717, 1.165) is 5.01 Å². The highest BCUT2D eigenvalue weighted by Gasteiger charge is 2.26. The van der Waals surface area contributed by atoms with Crippen molar-refractivity contribution in [1.82, 2.24) is 10.3 Å². The summed E-state index contributed by atoms with van der Waals surface area (Å²) in [6.45, 7) is 1.94. The monoisotopic (exact) mass is 322 g/mol. The van der Waals surface area contributed by atoms with E-state index >= 15 is 0 Å². The minimum absolute atomic E-state index is 0.322. The molecule has 0 bridgehead atoms. The smallest absolute Gasteiger partial charge is 0.200 e. The Morgan fingerprint density at radius 1 is 1.05 bits per heavy atom. The molecule has 0 amide bonds. The molecule has 2 nitrogen and oxygen atoms in total. The fraction of sp³-hybridized carbons (Fsp3) is 0.308. The van der Waals surface area contributed by atoms with Crippen molar-refractivity contribution in [3.8, 4) is 0 Å². The van der Waals surface area contributed by atoms with Crippen LogP contribution < -0.4 is 5.32 Å². The Morgan fingerprint density at radius 3 is 2.14 bits per heavy atom. The first kappa shape index (κ1) is 15.8. The third kappa shape index (κ3) is 3.38. The van der Waals surface area contributed by atoms with Gasteiger partial charge in [0.1, 0.15) is 5.01 Å². The van der Waals surface area contributed by atoms with Crippen LogP contribution in [0.4, 0.5) is 22.0 Å². The molecule has 1 aromatic carbocycles. The molecular weight excluding hydrogens is 311 g/mol. The van der Waals surface area contributed by atoms with Crippen LogP contribution in [0.1, 0.15) is 17.5 Å². The van der Waals surface area contributed by atoms with Crippen molar-refractivity contribution in [3.05, 3.63) is 51.2 Å². The zero-order chi connectivity index (χ0) is 15.6. The van der Waals surface area contributed by atoms with Crippen LogP contribution in [0.15, 0.2) is 11.6 Å². The summed E-state index contributed by atoms with van der Waals surface area (Å²) in [6, 6.07) is -0.484. The molecule has 0 aliphatic rings. The van der Waals surface area contributed by atoms with Crippen molar-refractivity contribution >= 4 is 11.3 Å². The normalized spacial score (nSPS) is 12.7. The quantitative estimate of drug-likeness (QED) is 0.517. The van der Waals surface area contributed by atoms with E-state index < -0.39 is 40.7 Å². The van der Waals surface area contributed by atoms with Crippen molar-refractivity contribution in [1.29, 1.82) is 0 Å². The fourth-order valence-corrected chi connectivity index (χ4v) is 2.38. The van der Waals surface area contributed by atoms with Crippen LogP contribution in [0.3, 0.4) is 0 Å². The van der Waals surface area contributed by atoms with E-state index in [9.17, 15) is 22.0 Å². The topological polar surface area (TPSA) is 24.9 Å². The van der Waals surface area contributed by atoms with E-state index in [1.807, 2.05) is 0 Å². The molecule has 0 fully saturated rings. The average molecular weight is 322 g/mol. The molecule has 114 valence electrons. The third-order valence-electron chi connectivity index (χ3n) is 2.90. The van der Waals surface area contributed by atoms with E-state index in [0.29, 0.717) is 6.54 Å². The van der Waals surface area contributed by atoms with Crippen molar-refractivity contribution in [3.63, 3.8) is 0 Å². The molecule has 2 rings (SSSR count). The minimum Gasteiger partial charge on any atom is -0.308 e. The van der Waals surface area contributed by atoms with Gasteiger partial charge in [-0.1, -0.05) is 0 Å². The molecule has 0 radical (unpaired) electrons. The van der Waals surface area contributed by atoms with Crippen molar-refractivity contribution in [2.75, 3.05) is 0 Å². The van der Waals surface area contributed by atoms with Gasteiger partial charge in [-0.05, 0) is 13.3 Å². The van der Waals surface area contributed by atoms with Gasteiger partial charge in [-0.25, -0.2) is 26.9 Å². The number of benzene rings is 1. The Hall–Kier alpha value is -1.54. The highest BCUT2D eigenvalue weighted by molar-refractivity contribution is 7.09. The lowest BCUT2D eigenvalue weighted by Crippen LogP contribution is -2.28. The summed E-state index contributed by atoms with van der Waals surface area (Å²) in [5.41, 5.74) is -0.814. The Labute approximate surface area is 121 Å². The maximum absolute atomic E-state index is 13.5. The van der Waals surface area contributed by atoms with Crippen molar-refractivity contribution in [2.24, 2.45) is 0 Å². The summed E-state index contributed by atoms with van der Waals surface area (Å²) >= 11 is 1.39. The first-order chi connectivity index (χ1) is 9.91. The summed E-state index contributed by atoms with van der Waals surface area (Å²) in [4.78, 5) is 4.01. The number of thiazole rings is 1. The molecule has 1 heterocycles. The van der Waals surface area contributed by atoms with Gasteiger partial charge < -0.3 is 5.32 Å². The lowest BCUT2D eigenvalue weighted by atomic mass is 10.0. The molecule has 1 atom stereocenters. The van der Waals surface area contributed by atoms with Gasteiger partial charge in [-0.3, -0.25) is 0 Å². The van der Waals surface area contributed by atoms with E-state index in [1.54, 1.807) is 18.5 Å². The molecule has 0 aliphatic carbocycles. The summed E-state index contributed by atoms with van der Waals surface area (Å²) in [7, 11) is 0. The third-order valence-corrected chi connectivity index (χ3v) is 3.68. The molecule has 0 spiro atoms. The van der Waals surface area contributed by atoms with Crippen LogP contribution in [-0.2, 0) is 13.0 Å². The van der Waals surface area contributed by atoms with Crippen LogP contribution in [0, 0.1) is 29.1 Å². The standard InChI is InChI=1S/C13H11F5N2S/c1-6(20-5-8-19-2-3-21-8)4-7-9(14)11(16)13(18)12(17)10(7)15/h2-3,6,20H,4-5H2,1H3/t6-/m1/s1. The molecule has 0 aliphatic heterocycles. The lowest BCUT2D eigenvalue weighted by Gasteiger charge is -2.15. The first-order valence-corrected chi connectivity index (χ1v) is 6.91. The van der Waals surface area contributed by atoms with Gasteiger partial charge >= 0.3 is 0 Å². The molecule has 0 saturated heterocycles. The molecule has 2 aromatic rings. The van der Waals surface area contributed by atoms with Gasteiger partial charge in [0.15, 0.2) is 23.3 Å². The van der Waals surface area contributed by atoms with Crippen LogP contribution in [0.5, 0.6) is 0 Å². The highest BCUT2D eigenvalue weighted by Crippen LogP contribution is 2.24. The largest absolute Gasteiger partial charge is 0.308 e. The second-order valence-corrected chi connectivity index (χ2v) is 5.44. The molecule has 8 heteroatoms. The predicted octanol–water partition coefficient (Wildman–Crippen LogP) is 3.56. The molecule has 1 aromatic heterocycles. The summed E-state index contributed by atoms with van der Waals surface area (Å²) in [6.07, 6.45) is 1.29. The molecule has 1 N–H and O–H groups in total. The second kappa shape index (κ2) is 6.48.